The quantitative estimate of drug-likeness (QED) is 0.0166. The van der Waals surface area contributed by atoms with E-state index in [1.54, 1.807) is 69.2 Å². The van der Waals surface area contributed by atoms with Crippen LogP contribution in [0.3, 0.4) is 0 Å². The number of carboxylic acid groups (broad SMARTS) is 1. The molecular formula is C94H156N30O25. The third kappa shape index (κ3) is 48.0. The van der Waals surface area contributed by atoms with E-state index in [9.17, 15) is 102 Å². The topological polar surface area (TPSA) is 901 Å². The van der Waals surface area contributed by atoms with Crippen LogP contribution in [0.2, 0.25) is 0 Å². The molecule has 149 heavy (non-hydrogen) atoms. The van der Waals surface area contributed by atoms with Gasteiger partial charge in [0.2, 0.25) is 124 Å². The molecule has 1 aliphatic heterocycles. The molecule has 2 aromatic rings. The van der Waals surface area contributed by atoms with E-state index in [1.165, 1.54) is 36.8 Å². The van der Waals surface area contributed by atoms with Crippen LogP contribution in [0.1, 0.15) is 217 Å². The van der Waals surface area contributed by atoms with E-state index in [2.05, 4.69) is 111 Å². The summed E-state index contributed by atoms with van der Waals surface area (Å²) in [6, 6.07) is -19.9. The van der Waals surface area contributed by atoms with Gasteiger partial charge in [-0.05, 0) is 151 Å². The Hall–Kier alpha value is -15.0. The van der Waals surface area contributed by atoms with Gasteiger partial charge >= 0.3 is 5.97 Å². The molecule has 1 saturated heterocycles. The maximum atomic E-state index is 15.3. The SMILES string of the molecule is CC[C@H](C)[C@H](NC(=O)[C@H](CCCNC(=N)N)NC(=O)[C@H](CC(N)=O)NC(=O)[C@H](C)NC(=O)[C@H](Cc1cnc[nH]1)NC(=O)[C@@H](NC(=O)[C@H](CCC(N)=O)NC(=O)[C@@H]1CCCN1C(=O)[C@H](CC(=O)O)NC(C)=O)[C@@H](C)O)C(=O)N[C@@H](Cc1ccc(O)cc1)C(=O)N[C@@H](CCCNC(=N)N)C(=O)N[C@@H](CC(C)C)C(=O)N[C@H](C(=O)N[C@@H](CCCCN)C(=O)N[C@@H](CC(C)C)C(=O)NCC(=O)N[C@@H](CC(C)C)C(=O)NCC(N)=O)[C@@H](C)CC. The summed E-state index contributed by atoms with van der Waals surface area (Å²) in [6.07, 6.45) is -2.32. The van der Waals surface area contributed by atoms with Crippen LogP contribution in [-0.2, 0) is 118 Å². The van der Waals surface area contributed by atoms with E-state index in [1.807, 2.05) is 0 Å². The fourth-order valence-electron chi connectivity index (χ4n) is 15.7. The Labute approximate surface area is 863 Å². The molecule has 0 spiro atoms. The van der Waals surface area contributed by atoms with Crippen LogP contribution in [0, 0.1) is 40.4 Å². The predicted molar refractivity (Wildman–Crippen MR) is 539 cm³/mol. The maximum Gasteiger partial charge on any atom is 0.305 e. The summed E-state index contributed by atoms with van der Waals surface area (Å²) >= 11 is 0. The molecule has 19 atom stereocenters. The number of rotatable bonds is 69. The van der Waals surface area contributed by atoms with Crippen molar-refractivity contribution in [2.75, 3.05) is 39.3 Å². The molecule has 37 N–H and O–H groups in total. The zero-order valence-corrected chi connectivity index (χ0v) is 86.7. The number of amides is 21. The van der Waals surface area contributed by atoms with Crippen LogP contribution in [0.15, 0.2) is 36.8 Å². The number of unbranched alkanes of at least 4 members (excludes halogenated alkanes) is 1. The normalized spacial score (nSPS) is 15.8. The highest BCUT2D eigenvalue weighted by atomic mass is 16.4. The fourth-order valence-corrected chi connectivity index (χ4v) is 15.7. The lowest BCUT2D eigenvalue weighted by Crippen LogP contribution is -2.62. The molecule has 1 fully saturated rings. The third-order valence-corrected chi connectivity index (χ3v) is 24.0. The minimum Gasteiger partial charge on any atom is -0.508 e. The first kappa shape index (κ1) is 128. The van der Waals surface area contributed by atoms with E-state index in [-0.39, 0.29) is 139 Å². The third-order valence-electron chi connectivity index (χ3n) is 24.0. The number of imidazole rings is 1. The van der Waals surface area contributed by atoms with Gasteiger partial charge in [0.25, 0.3) is 0 Å². The lowest BCUT2D eigenvalue weighted by molar-refractivity contribution is -0.146. The summed E-state index contributed by atoms with van der Waals surface area (Å²) < 4.78 is 0. The van der Waals surface area contributed by atoms with Crippen molar-refractivity contribution in [3.05, 3.63) is 48.0 Å². The van der Waals surface area contributed by atoms with E-state index >= 15 is 19.2 Å². The molecule has 832 valence electrons. The number of hydrogen-bond donors (Lipinski definition) is 31. The van der Waals surface area contributed by atoms with Crippen LogP contribution in [0.4, 0.5) is 0 Å². The molecule has 3 rings (SSSR count). The van der Waals surface area contributed by atoms with Gasteiger partial charge in [0.1, 0.15) is 102 Å². The zero-order chi connectivity index (χ0) is 112. The van der Waals surface area contributed by atoms with Crippen molar-refractivity contribution in [3.8, 4) is 5.75 Å². The van der Waals surface area contributed by atoms with Crippen LogP contribution in [0.5, 0.6) is 5.75 Å². The van der Waals surface area contributed by atoms with E-state index in [4.69, 9.17) is 45.2 Å². The van der Waals surface area contributed by atoms with Crippen LogP contribution in [-0.4, -0.2) is 314 Å². The van der Waals surface area contributed by atoms with Crippen LogP contribution >= 0.6 is 0 Å². The monoisotopic (exact) mass is 2110 g/mol. The largest absolute Gasteiger partial charge is 0.508 e. The number of guanidine groups is 2. The first-order valence-electron chi connectivity index (χ1n) is 49.7. The average Bonchev–Trinajstić information content (AvgIpc) is 1.78. The molecule has 0 unspecified atom stereocenters. The van der Waals surface area contributed by atoms with Crippen molar-refractivity contribution >= 4 is 142 Å². The summed E-state index contributed by atoms with van der Waals surface area (Å²) in [5.74, 6) is -25.4. The average molecular weight is 2110 g/mol. The van der Waals surface area contributed by atoms with Gasteiger partial charge in [0, 0.05) is 57.7 Å². The number of phenols is 1. The van der Waals surface area contributed by atoms with Gasteiger partial charge in [0.15, 0.2) is 11.9 Å². The molecule has 55 nitrogen and oxygen atoms in total. The number of aromatic hydroxyl groups is 1. The number of carboxylic acids is 1. The number of carbonyl (C=O) groups excluding carboxylic acids is 21. The summed E-state index contributed by atoms with van der Waals surface area (Å²) in [4.78, 5) is 312. The summed E-state index contributed by atoms with van der Waals surface area (Å²) in [6.45, 7) is 19.3. The lowest BCUT2D eigenvalue weighted by atomic mass is 9.95. The Balaban J connectivity index is 2.03. The molecule has 0 radical (unpaired) electrons. The minimum atomic E-state index is -1.98. The second-order valence-corrected chi connectivity index (χ2v) is 38.3. The molecule has 1 aromatic carbocycles. The molecule has 1 aromatic heterocycles. The Kier molecular flexibility index (Phi) is 56.4. The number of aromatic nitrogens is 2. The van der Waals surface area contributed by atoms with Crippen molar-refractivity contribution in [1.29, 1.82) is 10.8 Å². The summed E-state index contributed by atoms with van der Waals surface area (Å²) in [7, 11) is 0. The van der Waals surface area contributed by atoms with Gasteiger partial charge in [-0.25, -0.2) is 4.98 Å². The van der Waals surface area contributed by atoms with E-state index in [0.717, 1.165) is 25.7 Å². The number of aliphatic hydroxyl groups excluding tert-OH is 1. The first-order valence-corrected chi connectivity index (χ1v) is 49.7. The highest BCUT2D eigenvalue weighted by Gasteiger charge is 2.44. The van der Waals surface area contributed by atoms with Crippen molar-refractivity contribution < 1.29 is 121 Å². The van der Waals surface area contributed by atoms with Gasteiger partial charge in [-0.2, -0.15) is 0 Å². The molecule has 0 aliphatic carbocycles. The number of benzene rings is 1. The van der Waals surface area contributed by atoms with E-state index < -0.39 is 302 Å². The van der Waals surface area contributed by atoms with Gasteiger partial charge in [0.05, 0.1) is 38.4 Å². The Morgan fingerprint density at radius 2 is 0.852 bits per heavy atom. The number of nitrogens with two attached hydrogens (primary N) is 6. The second kappa shape index (κ2) is 65.6. The van der Waals surface area contributed by atoms with E-state index in [0.29, 0.717) is 18.4 Å². The van der Waals surface area contributed by atoms with Crippen molar-refractivity contribution in [3.63, 3.8) is 0 Å². The lowest BCUT2D eigenvalue weighted by Gasteiger charge is -2.31. The van der Waals surface area contributed by atoms with Crippen LogP contribution < -0.4 is 135 Å². The highest BCUT2D eigenvalue weighted by Crippen LogP contribution is 2.23. The van der Waals surface area contributed by atoms with Crippen molar-refractivity contribution in [1.82, 2.24) is 116 Å². The predicted octanol–water partition coefficient (Wildman–Crippen LogP) is -8.20. The molecule has 0 saturated carbocycles. The van der Waals surface area contributed by atoms with Crippen LogP contribution in [0.25, 0.3) is 0 Å². The molecule has 2 heterocycles. The number of likely N-dealkylation sites (tertiary alicyclic amines) is 1. The Bertz CT molecular complexity index is 4870. The van der Waals surface area contributed by atoms with Crippen molar-refractivity contribution in [2.24, 2.45) is 64.0 Å². The van der Waals surface area contributed by atoms with Gasteiger partial charge in [-0.1, -0.05) is 94.2 Å². The van der Waals surface area contributed by atoms with Crippen molar-refractivity contribution in [2.45, 2.75) is 321 Å². The smallest absolute Gasteiger partial charge is 0.305 e. The summed E-state index contributed by atoms with van der Waals surface area (Å²) in [5.41, 5.74) is 33.8. The Morgan fingerprint density at radius 1 is 0.436 bits per heavy atom. The number of aliphatic carboxylic acids is 1. The molecule has 0 bridgehead atoms. The Morgan fingerprint density at radius 3 is 1.30 bits per heavy atom. The number of aromatic amines is 1. The number of carbonyl (C=O) groups is 22. The minimum absolute atomic E-state index is 0.00472. The number of hydrogen-bond acceptors (Lipinski definition) is 28. The number of aliphatic hydroxyl groups is 1. The van der Waals surface area contributed by atoms with Gasteiger partial charge < -0.3 is 161 Å². The standard InChI is InChI=1S/C94H156N30O25/c1-14-49(9)74(89(146)115-57(21-16-17-31-95)80(137)117-62(36-47(5)6)79(136)107-44-72(131)111-61(35-46(3)4)78(135)106-43-71(98)130)122-87(144)63(37-48(7)8)118-81(138)58(22-18-32-104-93(99)100)112-85(142)64(38-54-25-27-56(127)28-26-54)119-90(147)75(50(10)15-2)121-82(139)59(23-19-33-105-94(101)102)113-86(143)66(40-70(97)129)116-77(134)51(11)109-84(141)65(39-55-42-103-45-108-55)120-91(148)76(52(12)125)123-83(140)60(29-30-69(96)128)114-88(145)68-24-20-34-124(68)92(149)67(41-73(132)133)110-53(13)126/h25-28,42,45-52,57-68,74-76,125,127H,14-24,29-41,43-44,95H2,1-13H3,(H2,96,128)(H2,97,129)(H2,98,130)(H,103,108)(H,106,135)(H,107,136)(H,109,141)(H,110,126)(H,111,131)(H,112,142)(H,113,143)(H,114,145)(H,115,146)(H,116,134)(H,117,137)(H,118,138)(H,119,147)(H,120,148)(H,121,139)(H,122,144)(H,123,140)(H,132,133)(H4,99,100,104)(H4,101,102,105)/t49-,50-,51-,52+,57-,58-,59-,60-,61-,62-,63-,64-,65-,66-,67-,68-,74-,75-,76-/m0/s1. The zero-order valence-electron chi connectivity index (χ0n) is 86.7. The fraction of sp³-hybridized carbons (Fsp3) is 0.649. The molecular weight excluding hydrogens is 1950 g/mol. The number of nitrogens with one attached hydrogen (secondary N) is 22. The number of H-pyrrole nitrogens is 1. The molecule has 55 heteroatoms. The summed E-state index contributed by atoms with van der Waals surface area (Å²) in [5, 5.41) is 94.6. The first-order chi connectivity index (χ1) is 70.0. The second-order valence-electron chi connectivity index (χ2n) is 38.3. The maximum absolute atomic E-state index is 15.3. The number of phenolic OH excluding ortho intramolecular Hbond substituents is 1. The van der Waals surface area contributed by atoms with Gasteiger partial charge in [-0.15, -0.1) is 0 Å². The highest BCUT2D eigenvalue weighted by molar-refractivity contribution is 6.03. The number of primary amides is 3. The molecule has 21 amide bonds. The van der Waals surface area contributed by atoms with Gasteiger partial charge in [-0.3, -0.25) is 116 Å². The molecule has 1 aliphatic rings. The number of nitrogens with zero attached hydrogens (tertiary/aromatic N) is 2.